The highest BCUT2D eigenvalue weighted by molar-refractivity contribution is 5.99. The quantitative estimate of drug-likeness (QED) is 0.887. The number of nitrogens with two attached hydrogens (primary N) is 1. The number of benzene rings is 1. The van der Waals surface area contributed by atoms with Crippen LogP contribution in [0.4, 0.5) is 5.69 Å². The zero-order valence-corrected chi connectivity index (χ0v) is 12.6. The van der Waals surface area contributed by atoms with Gasteiger partial charge >= 0.3 is 0 Å². The zero-order valence-electron chi connectivity index (χ0n) is 12.6. The van der Waals surface area contributed by atoms with Gasteiger partial charge in [0.1, 0.15) is 5.54 Å². The zero-order chi connectivity index (χ0) is 15.7. The van der Waals surface area contributed by atoms with Crippen LogP contribution in [0, 0.1) is 16.7 Å². The van der Waals surface area contributed by atoms with Crippen LogP contribution < -0.4 is 11.1 Å². The molecule has 0 aromatic heterocycles. The van der Waals surface area contributed by atoms with E-state index in [1.54, 1.807) is 24.3 Å². The number of carbonyl (C=O) groups is 1. The molecule has 0 radical (unpaired) electrons. The molecule has 2 rings (SSSR count). The van der Waals surface area contributed by atoms with Crippen molar-refractivity contribution in [2.24, 2.45) is 11.1 Å². The lowest BCUT2D eigenvalue weighted by atomic mass is 9.54. The van der Waals surface area contributed by atoms with Crippen molar-refractivity contribution >= 4 is 11.6 Å². The third-order valence-electron chi connectivity index (χ3n) is 4.48. The fourth-order valence-electron chi connectivity index (χ4n) is 2.73. The Kier molecular flexibility index (Phi) is 4.04. The van der Waals surface area contributed by atoms with E-state index >= 15 is 0 Å². The number of nitrogens with zero attached hydrogens (tertiary/aromatic N) is 1. The summed E-state index contributed by atoms with van der Waals surface area (Å²) in [5.41, 5.74) is 5.99. The SMILES string of the molecule is CCOC1CC(N)(C(=O)Nc2cccc(C#N)c2)C1(C)C. The van der Waals surface area contributed by atoms with Crippen LogP contribution in [0.3, 0.4) is 0 Å². The summed E-state index contributed by atoms with van der Waals surface area (Å²) in [6.45, 7) is 6.43. The van der Waals surface area contributed by atoms with Gasteiger partial charge in [0.15, 0.2) is 0 Å². The standard InChI is InChI=1S/C16H21N3O2/c1-4-21-13-9-16(18,15(13,2)3)14(20)19-12-7-5-6-11(8-12)10-17/h5-8,13H,4,9,18H2,1-3H3,(H,19,20). The number of amides is 1. The fraction of sp³-hybridized carbons (Fsp3) is 0.500. The van der Waals surface area contributed by atoms with Gasteiger partial charge in [-0.05, 0) is 25.1 Å². The summed E-state index contributed by atoms with van der Waals surface area (Å²) < 4.78 is 5.62. The summed E-state index contributed by atoms with van der Waals surface area (Å²) in [7, 11) is 0. The number of rotatable bonds is 4. The summed E-state index contributed by atoms with van der Waals surface area (Å²) in [4.78, 5) is 12.5. The fourth-order valence-corrected chi connectivity index (χ4v) is 2.73. The van der Waals surface area contributed by atoms with Crippen LogP contribution in [0.2, 0.25) is 0 Å². The Bertz CT molecular complexity index is 591. The Morgan fingerprint density at radius 3 is 2.86 bits per heavy atom. The molecule has 0 spiro atoms. The van der Waals surface area contributed by atoms with E-state index in [0.29, 0.717) is 24.3 Å². The van der Waals surface area contributed by atoms with Crippen molar-refractivity contribution in [1.82, 2.24) is 0 Å². The van der Waals surface area contributed by atoms with Crippen LogP contribution in [0.15, 0.2) is 24.3 Å². The molecule has 112 valence electrons. The van der Waals surface area contributed by atoms with Gasteiger partial charge in [-0.2, -0.15) is 5.26 Å². The van der Waals surface area contributed by atoms with E-state index in [1.807, 2.05) is 26.8 Å². The highest BCUT2D eigenvalue weighted by Gasteiger charge is 2.62. The Hall–Kier alpha value is -1.90. The van der Waals surface area contributed by atoms with Crippen molar-refractivity contribution < 1.29 is 9.53 Å². The van der Waals surface area contributed by atoms with Gasteiger partial charge in [-0.25, -0.2) is 0 Å². The molecule has 1 fully saturated rings. The maximum Gasteiger partial charge on any atom is 0.245 e. The van der Waals surface area contributed by atoms with E-state index in [0.717, 1.165) is 0 Å². The highest BCUT2D eigenvalue weighted by atomic mass is 16.5. The molecule has 1 aliphatic rings. The van der Waals surface area contributed by atoms with Crippen LogP contribution in [0.25, 0.3) is 0 Å². The van der Waals surface area contributed by atoms with Gasteiger partial charge in [0.2, 0.25) is 5.91 Å². The first-order valence-electron chi connectivity index (χ1n) is 7.07. The Balaban J connectivity index is 2.12. The molecule has 0 heterocycles. The second-order valence-corrected chi connectivity index (χ2v) is 5.99. The average Bonchev–Trinajstić information content (AvgIpc) is 2.46. The lowest BCUT2D eigenvalue weighted by Gasteiger charge is -2.57. The highest BCUT2D eigenvalue weighted by Crippen LogP contribution is 2.50. The summed E-state index contributed by atoms with van der Waals surface area (Å²) in [6, 6.07) is 8.84. The Morgan fingerprint density at radius 1 is 1.57 bits per heavy atom. The van der Waals surface area contributed by atoms with Crippen molar-refractivity contribution in [3.8, 4) is 6.07 Å². The Labute approximate surface area is 125 Å². The number of ether oxygens (including phenoxy) is 1. The monoisotopic (exact) mass is 287 g/mol. The van der Waals surface area contributed by atoms with E-state index in [9.17, 15) is 4.79 Å². The minimum absolute atomic E-state index is 0.0105. The van der Waals surface area contributed by atoms with Gasteiger partial charge < -0.3 is 15.8 Å². The van der Waals surface area contributed by atoms with Gasteiger partial charge in [0.05, 0.1) is 17.7 Å². The molecule has 1 saturated carbocycles. The van der Waals surface area contributed by atoms with Crippen LogP contribution in [0.1, 0.15) is 32.8 Å². The third-order valence-corrected chi connectivity index (χ3v) is 4.48. The van der Waals surface area contributed by atoms with Crippen LogP contribution in [-0.4, -0.2) is 24.2 Å². The lowest BCUT2D eigenvalue weighted by molar-refractivity contribution is -0.166. The van der Waals surface area contributed by atoms with Gasteiger partial charge in [-0.1, -0.05) is 19.9 Å². The summed E-state index contributed by atoms with van der Waals surface area (Å²) in [5.74, 6) is -0.237. The normalized spacial score (nSPS) is 26.5. The van der Waals surface area contributed by atoms with Crippen molar-refractivity contribution in [2.75, 3.05) is 11.9 Å². The largest absolute Gasteiger partial charge is 0.378 e. The Morgan fingerprint density at radius 2 is 2.29 bits per heavy atom. The van der Waals surface area contributed by atoms with Gasteiger partial charge in [-0.3, -0.25) is 4.79 Å². The van der Waals surface area contributed by atoms with E-state index < -0.39 is 11.0 Å². The smallest absolute Gasteiger partial charge is 0.245 e. The maximum absolute atomic E-state index is 12.5. The summed E-state index contributed by atoms with van der Waals surface area (Å²) in [6.07, 6.45) is 0.487. The van der Waals surface area contributed by atoms with Crippen LogP contribution >= 0.6 is 0 Å². The minimum Gasteiger partial charge on any atom is -0.378 e. The maximum atomic E-state index is 12.5. The molecule has 1 aliphatic carbocycles. The number of hydrogen-bond acceptors (Lipinski definition) is 4. The van der Waals surface area contributed by atoms with Gasteiger partial charge in [-0.15, -0.1) is 0 Å². The first kappa shape index (κ1) is 15.5. The summed E-state index contributed by atoms with van der Waals surface area (Å²) >= 11 is 0. The van der Waals surface area contributed by atoms with Crippen LogP contribution in [-0.2, 0) is 9.53 Å². The molecule has 0 aliphatic heterocycles. The van der Waals surface area contributed by atoms with Crippen molar-refractivity contribution in [1.29, 1.82) is 5.26 Å². The van der Waals surface area contributed by atoms with E-state index in [2.05, 4.69) is 5.32 Å². The lowest BCUT2D eigenvalue weighted by Crippen LogP contribution is -2.74. The topological polar surface area (TPSA) is 88.1 Å². The van der Waals surface area contributed by atoms with Crippen molar-refractivity contribution in [3.05, 3.63) is 29.8 Å². The molecule has 5 nitrogen and oxygen atoms in total. The van der Waals surface area contributed by atoms with E-state index in [1.165, 1.54) is 0 Å². The first-order chi connectivity index (χ1) is 9.85. The number of nitrogens with one attached hydrogen (secondary N) is 1. The predicted octanol–water partition coefficient (Wildman–Crippen LogP) is 2.03. The molecule has 5 heteroatoms. The third kappa shape index (κ3) is 2.53. The molecule has 21 heavy (non-hydrogen) atoms. The number of anilines is 1. The molecule has 2 atom stereocenters. The second-order valence-electron chi connectivity index (χ2n) is 5.99. The van der Waals surface area contributed by atoms with Gasteiger partial charge in [0.25, 0.3) is 0 Å². The molecule has 1 aromatic rings. The predicted molar refractivity (Wildman–Crippen MR) is 80.5 cm³/mol. The average molecular weight is 287 g/mol. The molecule has 0 saturated heterocycles. The second kappa shape index (κ2) is 5.47. The molecule has 1 amide bonds. The van der Waals surface area contributed by atoms with Crippen LogP contribution in [0.5, 0.6) is 0 Å². The van der Waals surface area contributed by atoms with E-state index in [-0.39, 0.29) is 12.0 Å². The molecule has 0 bridgehead atoms. The number of hydrogen-bond donors (Lipinski definition) is 2. The molecule has 2 unspecified atom stereocenters. The first-order valence-corrected chi connectivity index (χ1v) is 7.07. The number of carbonyl (C=O) groups excluding carboxylic acids is 1. The molecular formula is C16H21N3O2. The van der Waals surface area contributed by atoms with Crippen molar-refractivity contribution in [3.63, 3.8) is 0 Å². The number of nitriles is 1. The molecule has 3 N–H and O–H groups in total. The minimum atomic E-state index is -0.963. The van der Waals surface area contributed by atoms with Crippen molar-refractivity contribution in [2.45, 2.75) is 38.8 Å². The summed E-state index contributed by atoms with van der Waals surface area (Å²) in [5, 5.41) is 11.7. The van der Waals surface area contributed by atoms with Gasteiger partial charge in [0, 0.05) is 24.1 Å². The molecule has 1 aromatic carbocycles. The van der Waals surface area contributed by atoms with E-state index in [4.69, 9.17) is 15.7 Å². The molecular weight excluding hydrogens is 266 g/mol.